The lowest BCUT2D eigenvalue weighted by molar-refractivity contribution is -0.155. The van der Waals surface area contributed by atoms with Crippen molar-refractivity contribution in [3.63, 3.8) is 0 Å². The van der Waals surface area contributed by atoms with Gasteiger partial charge in [0, 0.05) is 73.8 Å². The minimum absolute atomic E-state index is 0.0169. The number of hydrogen-bond acceptors (Lipinski definition) is 10. The monoisotopic (exact) mass is 811 g/mol. The molecule has 6 bridgehead atoms. The number of halogens is 4. The van der Waals surface area contributed by atoms with Crippen molar-refractivity contribution < 1.29 is 41.7 Å². The Bertz CT molecular complexity index is 2100. The molecule has 0 saturated carbocycles. The summed E-state index contributed by atoms with van der Waals surface area (Å²) in [5, 5.41) is 12.4. The van der Waals surface area contributed by atoms with E-state index in [0.29, 0.717) is 47.3 Å². The van der Waals surface area contributed by atoms with E-state index >= 15 is 4.39 Å². The summed E-state index contributed by atoms with van der Waals surface area (Å²) in [7, 11) is 3.51. The minimum atomic E-state index is -4.71. The zero-order valence-electron chi connectivity index (χ0n) is 33.7. The van der Waals surface area contributed by atoms with E-state index in [2.05, 4.69) is 21.8 Å². The molecule has 4 heterocycles. The van der Waals surface area contributed by atoms with Crippen LogP contribution in [0.2, 0.25) is 0 Å². The third-order valence-corrected chi connectivity index (χ3v) is 11.0. The maximum Gasteiger partial charge on any atom is 0.406 e. The van der Waals surface area contributed by atoms with Gasteiger partial charge in [0.25, 0.3) is 5.91 Å². The molecule has 0 radical (unpaired) electrons. The van der Waals surface area contributed by atoms with Gasteiger partial charge in [0.1, 0.15) is 24.2 Å². The van der Waals surface area contributed by atoms with Crippen molar-refractivity contribution in [2.45, 2.75) is 77.4 Å². The van der Waals surface area contributed by atoms with E-state index in [1.807, 2.05) is 20.9 Å². The summed E-state index contributed by atoms with van der Waals surface area (Å²) in [6.45, 7) is 11.4. The van der Waals surface area contributed by atoms with E-state index in [9.17, 15) is 27.9 Å². The number of aromatic nitrogens is 1. The van der Waals surface area contributed by atoms with Crippen LogP contribution in [0, 0.1) is 11.2 Å². The molecule has 3 aromatic rings. The molecule has 6 rings (SSSR count). The second-order valence-corrected chi connectivity index (χ2v) is 16.4. The van der Waals surface area contributed by atoms with Crippen LogP contribution in [0.25, 0.3) is 28.1 Å². The number of cyclic esters (lactones) is 1. The quantitative estimate of drug-likeness (QED) is 0.163. The number of nitrogens with zero attached hydrogens (tertiary/aromatic N) is 5. The van der Waals surface area contributed by atoms with Gasteiger partial charge in [-0.25, -0.2) is 9.82 Å². The van der Waals surface area contributed by atoms with E-state index in [1.165, 1.54) is 30.3 Å². The van der Waals surface area contributed by atoms with Gasteiger partial charge in [-0.05, 0) is 86.7 Å². The fraction of sp³-hybridized carbons (Fsp3) is 0.500. The van der Waals surface area contributed by atoms with Crippen LogP contribution in [0.5, 0.6) is 5.75 Å². The molecular weight excluding hydrogens is 758 g/mol. The maximum absolute atomic E-state index is 16.4. The number of rotatable bonds is 7. The van der Waals surface area contributed by atoms with Gasteiger partial charge in [0.05, 0.1) is 30.0 Å². The van der Waals surface area contributed by atoms with E-state index in [1.54, 1.807) is 25.3 Å². The average Bonchev–Trinajstić information content (AvgIpc) is 3.41. The van der Waals surface area contributed by atoms with Crippen LogP contribution in [-0.2, 0) is 38.4 Å². The van der Waals surface area contributed by atoms with Crippen LogP contribution in [0.15, 0.2) is 53.3 Å². The number of nitrogens with one attached hydrogen (secondary N) is 1. The number of hydrazine groups is 1. The Morgan fingerprint density at radius 3 is 2.57 bits per heavy atom. The third-order valence-electron chi connectivity index (χ3n) is 11.0. The number of benzene rings is 2. The number of carbonyl (C=O) groups is 2. The van der Waals surface area contributed by atoms with Crippen molar-refractivity contribution in [3.8, 4) is 16.9 Å². The molecule has 0 unspecified atom stereocenters. The number of fused-ring (bicyclic) bond motifs is 6. The number of amides is 1. The number of likely N-dealkylation sites (N-methyl/N-ethyl adjacent to an activating group) is 1. The topological polar surface area (TPSA) is 138 Å². The number of esters is 1. The van der Waals surface area contributed by atoms with E-state index < -0.39 is 54.0 Å². The molecule has 1 aromatic heterocycles. The van der Waals surface area contributed by atoms with Gasteiger partial charge in [-0.1, -0.05) is 26.5 Å². The summed E-state index contributed by atoms with van der Waals surface area (Å²) in [5.74, 6) is -2.10. The first-order valence-electron chi connectivity index (χ1n) is 19.5. The summed E-state index contributed by atoms with van der Waals surface area (Å²) in [6.07, 6.45) is -1.28. The predicted molar refractivity (Wildman–Crippen MR) is 214 cm³/mol. The van der Waals surface area contributed by atoms with Gasteiger partial charge >= 0.3 is 12.1 Å². The predicted octanol–water partition coefficient (Wildman–Crippen LogP) is 5.41. The van der Waals surface area contributed by atoms with Gasteiger partial charge in [0.15, 0.2) is 0 Å². The number of phenolic OH excluding ortho intramolecular Hbond substituents is 1. The highest BCUT2D eigenvalue weighted by Crippen LogP contribution is 2.40. The van der Waals surface area contributed by atoms with Crippen molar-refractivity contribution in [3.05, 3.63) is 70.9 Å². The molecule has 314 valence electrons. The smallest absolute Gasteiger partial charge is 0.406 e. The van der Waals surface area contributed by atoms with Gasteiger partial charge < -0.3 is 34.7 Å². The first kappa shape index (κ1) is 42.8. The molecule has 0 spiro atoms. The second-order valence-electron chi connectivity index (χ2n) is 16.4. The highest BCUT2D eigenvalue weighted by molar-refractivity contribution is 5.93. The summed E-state index contributed by atoms with van der Waals surface area (Å²) >= 11 is 0. The number of aromatic hydroxyl groups is 1. The largest absolute Gasteiger partial charge is 0.508 e. The van der Waals surface area contributed by atoms with Gasteiger partial charge in [-0.2, -0.15) is 13.2 Å². The lowest BCUT2D eigenvalue weighted by Gasteiger charge is -2.35. The molecule has 1 amide bonds. The highest BCUT2D eigenvalue weighted by atomic mass is 19.4. The number of ether oxygens (including phenoxy) is 2. The molecule has 2 fully saturated rings. The number of carbonyl (C=O) groups excluding carboxylic acids is 2. The zero-order valence-corrected chi connectivity index (χ0v) is 33.7. The number of methoxy groups -OCH3 is 1. The Kier molecular flexibility index (Phi) is 12.7. The Balaban J connectivity index is 1.56. The lowest BCUT2D eigenvalue weighted by atomic mass is 9.84. The molecule has 0 aliphatic carbocycles. The molecule has 3 aliphatic heterocycles. The zero-order chi connectivity index (χ0) is 42.1. The SMILES string of the molecule is C=C(C=N/C(=C/c1c2c3cc(c(F)cc3n1CC(F)(F)F)-c1cc(O)cc(c1)C[C@H](N)C(=O)N1CCC[C@H](N1)C(=O)OCC(C)(C)C2)[C@H](C)OC)N1CCN(C)CC1. The summed E-state index contributed by atoms with van der Waals surface area (Å²) < 4.78 is 72.6. The Hall–Kier alpha value is -4.77. The van der Waals surface area contributed by atoms with Crippen LogP contribution >= 0.6 is 0 Å². The molecule has 12 nitrogen and oxygen atoms in total. The lowest BCUT2D eigenvalue weighted by Crippen LogP contribution is -2.59. The highest BCUT2D eigenvalue weighted by Gasteiger charge is 2.36. The fourth-order valence-corrected chi connectivity index (χ4v) is 7.73. The Morgan fingerprint density at radius 2 is 1.88 bits per heavy atom. The number of hydrogen-bond donors (Lipinski definition) is 3. The molecule has 2 aromatic carbocycles. The molecule has 58 heavy (non-hydrogen) atoms. The van der Waals surface area contributed by atoms with Crippen molar-refractivity contribution in [2.24, 2.45) is 16.1 Å². The van der Waals surface area contributed by atoms with Gasteiger partial charge in [-0.3, -0.25) is 19.6 Å². The van der Waals surface area contributed by atoms with Crippen molar-refractivity contribution >= 4 is 35.1 Å². The fourth-order valence-electron chi connectivity index (χ4n) is 7.73. The summed E-state index contributed by atoms with van der Waals surface area (Å²) in [6, 6.07) is 5.01. The minimum Gasteiger partial charge on any atom is -0.508 e. The number of aliphatic imine (C=N–C) groups is 1. The molecule has 2 saturated heterocycles. The molecule has 3 atom stereocenters. The van der Waals surface area contributed by atoms with E-state index in [4.69, 9.17) is 20.2 Å². The first-order valence-corrected chi connectivity index (χ1v) is 19.5. The van der Waals surface area contributed by atoms with Crippen LogP contribution in [0.1, 0.15) is 50.4 Å². The van der Waals surface area contributed by atoms with Crippen LogP contribution in [-0.4, -0.2) is 120 Å². The number of piperazine rings is 1. The normalized spacial score (nSPS) is 22.0. The molecule has 4 N–H and O–H groups in total. The Labute approximate surface area is 335 Å². The van der Waals surface area contributed by atoms with Crippen LogP contribution < -0.4 is 11.2 Å². The van der Waals surface area contributed by atoms with Crippen LogP contribution in [0.3, 0.4) is 0 Å². The first-order chi connectivity index (χ1) is 27.3. The number of nitrogens with two attached hydrogens (primary N) is 1. The average molecular weight is 812 g/mol. The van der Waals surface area contributed by atoms with E-state index in [0.717, 1.165) is 36.8 Å². The van der Waals surface area contributed by atoms with Crippen molar-refractivity contribution in [2.75, 3.05) is 53.5 Å². The van der Waals surface area contributed by atoms with Gasteiger partial charge in [-0.15, -0.1) is 0 Å². The van der Waals surface area contributed by atoms with Crippen LogP contribution in [0.4, 0.5) is 17.6 Å². The van der Waals surface area contributed by atoms with Gasteiger partial charge in [0.2, 0.25) is 0 Å². The number of alkyl halides is 3. The molecule has 16 heteroatoms. The van der Waals surface area contributed by atoms with Crippen molar-refractivity contribution in [1.29, 1.82) is 0 Å². The molecule has 3 aliphatic rings. The van der Waals surface area contributed by atoms with Crippen molar-refractivity contribution in [1.82, 2.24) is 24.8 Å². The third kappa shape index (κ3) is 9.91. The molecular formula is C42H53F4N7O5. The van der Waals surface area contributed by atoms with E-state index in [-0.39, 0.29) is 47.5 Å². The summed E-state index contributed by atoms with van der Waals surface area (Å²) in [5.41, 5.74) is 10.6. The Morgan fingerprint density at radius 1 is 1.16 bits per heavy atom. The number of phenols is 1. The summed E-state index contributed by atoms with van der Waals surface area (Å²) in [4.78, 5) is 35.9. The number of allylic oxidation sites excluding steroid dienone is 1. The standard InChI is InChI=1S/C42H53F4N7O5/c1-25(51-12-10-50(5)11-13-51)22-48-36(26(2)57-6)20-38-32-21-41(3,4)24-58-40(56)35-8-7-9-53(49-35)39(55)34(47)16-27-14-28(17-29(54)15-27)30-18-31(32)37(19-33(30)43)52(38)23-42(44,45)46/h14-15,17-20,22,26,34-35,49,54H,1,7-13,16,21,23-24,47H2,2-6H3/b36-20+,48-22?/t26-,34-,35-/m0/s1. The maximum atomic E-state index is 16.4. The second kappa shape index (κ2) is 17.2.